The molecule has 0 spiro atoms. The van der Waals surface area contributed by atoms with Crippen LogP contribution < -0.4 is 0 Å². The summed E-state index contributed by atoms with van der Waals surface area (Å²) >= 11 is 0. The molecule has 17 heavy (non-hydrogen) atoms. The molecule has 1 unspecified atom stereocenters. The maximum absolute atomic E-state index is 13.9. The van der Waals surface area contributed by atoms with Crippen LogP contribution in [-0.2, 0) is 0 Å². The lowest BCUT2D eigenvalue weighted by molar-refractivity contribution is 0.194. The van der Waals surface area contributed by atoms with Gasteiger partial charge in [0.15, 0.2) is 0 Å². The van der Waals surface area contributed by atoms with E-state index in [4.69, 9.17) is 0 Å². The van der Waals surface area contributed by atoms with Crippen LogP contribution in [0.4, 0.5) is 4.39 Å². The fraction of sp³-hybridized carbons (Fsp3) is 0.667. The maximum Gasteiger partial charge on any atom is 0.144 e. The zero-order valence-corrected chi connectivity index (χ0v) is 11.0. The lowest BCUT2D eigenvalue weighted by Crippen LogP contribution is -2.26. The first kappa shape index (κ1) is 12.5. The molecule has 1 saturated carbocycles. The molecular formula is C15H22FN. The number of halogens is 1. The minimum absolute atomic E-state index is 0.128. The third-order valence-electron chi connectivity index (χ3n) is 4.23. The first-order chi connectivity index (χ1) is 8.09. The van der Waals surface area contributed by atoms with Crippen molar-refractivity contribution >= 4 is 0 Å². The summed E-state index contributed by atoms with van der Waals surface area (Å²) in [5.41, 5.74) is 0.880. The van der Waals surface area contributed by atoms with Gasteiger partial charge in [-0.1, -0.05) is 27.2 Å². The fourth-order valence-corrected chi connectivity index (χ4v) is 3.25. The van der Waals surface area contributed by atoms with Crippen LogP contribution in [0.5, 0.6) is 0 Å². The van der Waals surface area contributed by atoms with E-state index in [-0.39, 0.29) is 5.82 Å². The summed E-state index contributed by atoms with van der Waals surface area (Å²) in [5, 5.41) is 0. The second-order valence-corrected chi connectivity index (χ2v) is 5.83. The summed E-state index contributed by atoms with van der Waals surface area (Å²) in [7, 11) is 0. The molecule has 1 heterocycles. The van der Waals surface area contributed by atoms with Crippen LogP contribution in [0, 0.1) is 23.6 Å². The molecular weight excluding hydrogens is 213 g/mol. The Morgan fingerprint density at radius 3 is 2.76 bits per heavy atom. The van der Waals surface area contributed by atoms with Gasteiger partial charge in [0, 0.05) is 6.20 Å². The molecule has 2 rings (SSSR count). The van der Waals surface area contributed by atoms with Crippen LogP contribution in [0.15, 0.2) is 18.5 Å². The summed E-state index contributed by atoms with van der Waals surface area (Å²) in [4.78, 5) is 3.85. The summed E-state index contributed by atoms with van der Waals surface area (Å²) in [6.45, 7) is 6.79. The lowest BCUT2D eigenvalue weighted by atomic mass is 9.68. The average Bonchev–Trinajstić information content (AvgIpc) is 2.29. The van der Waals surface area contributed by atoms with Crippen LogP contribution in [-0.4, -0.2) is 4.98 Å². The van der Waals surface area contributed by atoms with Gasteiger partial charge in [-0.15, -0.1) is 0 Å². The van der Waals surface area contributed by atoms with Crippen LogP contribution in [0.2, 0.25) is 0 Å². The van der Waals surface area contributed by atoms with Crippen molar-refractivity contribution in [2.45, 2.75) is 46.0 Å². The van der Waals surface area contributed by atoms with Crippen LogP contribution in [0.1, 0.15) is 51.5 Å². The van der Waals surface area contributed by atoms with E-state index in [0.717, 1.165) is 12.0 Å². The van der Waals surface area contributed by atoms with Crippen molar-refractivity contribution in [2.75, 3.05) is 0 Å². The van der Waals surface area contributed by atoms with Gasteiger partial charge in [-0.05, 0) is 48.1 Å². The molecule has 0 N–H and O–H groups in total. The molecule has 0 aliphatic heterocycles. The minimum Gasteiger partial charge on any atom is -0.262 e. The number of pyridine rings is 1. The predicted molar refractivity (Wildman–Crippen MR) is 68.3 cm³/mol. The third-order valence-corrected chi connectivity index (χ3v) is 4.23. The molecule has 0 amide bonds. The highest BCUT2D eigenvalue weighted by Crippen LogP contribution is 2.44. The van der Waals surface area contributed by atoms with Crippen molar-refractivity contribution in [2.24, 2.45) is 17.8 Å². The number of aromatic nitrogens is 1. The first-order valence-electron chi connectivity index (χ1n) is 6.69. The Morgan fingerprint density at radius 2 is 2.12 bits per heavy atom. The van der Waals surface area contributed by atoms with Gasteiger partial charge in [-0.2, -0.15) is 0 Å². The Hall–Kier alpha value is -0.920. The van der Waals surface area contributed by atoms with Crippen LogP contribution in [0.25, 0.3) is 0 Å². The molecule has 1 aromatic rings. The van der Waals surface area contributed by atoms with Crippen molar-refractivity contribution in [3.63, 3.8) is 0 Å². The molecule has 1 nitrogen and oxygen atoms in total. The van der Waals surface area contributed by atoms with Gasteiger partial charge >= 0.3 is 0 Å². The molecule has 0 saturated heterocycles. The van der Waals surface area contributed by atoms with Crippen molar-refractivity contribution in [3.05, 3.63) is 29.8 Å². The van der Waals surface area contributed by atoms with Gasteiger partial charge in [0.1, 0.15) is 5.82 Å². The largest absolute Gasteiger partial charge is 0.262 e. The number of nitrogens with zero attached hydrogens (tertiary/aromatic N) is 1. The van der Waals surface area contributed by atoms with Crippen molar-refractivity contribution in [3.8, 4) is 0 Å². The number of hydrogen-bond donors (Lipinski definition) is 0. The van der Waals surface area contributed by atoms with E-state index in [1.54, 1.807) is 6.20 Å². The summed E-state index contributed by atoms with van der Waals surface area (Å²) in [6, 6.07) is 1.87. The van der Waals surface area contributed by atoms with Gasteiger partial charge in [0.25, 0.3) is 0 Å². The fourth-order valence-electron chi connectivity index (χ4n) is 3.25. The highest BCUT2D eigenvalue weighted by atomic mass is 19.1. The topological polar surface area (TPSA) is 12.9 Å². The van der Waals surface area contributed by atoms with Crippen molar-refractivity contribution in [1.82, 2.24) is 4.98 Å². The summed E-state index contributed by atoms with van der Waals surface area (Å²) < 4.78 is 13.9. The van der Waals surface area contributed by atoms with Gasteiger partial charge in [-0.25, -0.2) is 4.39 Å². The zero-order valence-electron chi connectivity index (χ0n) is 11.0. The SMILES string of the molecule is CC(C)[C@@H]1CC[C@@H](C)CC1c1ccncc1F. The van der Waals surface area contributed by atoms with E-state index < -0.39 is 0 Å². The molecule has 0 radical (unpaired) electrons. The zero-order chi connectivity index (χ0) is 12.4. The Kier molecular flexibility index (Phi) is 3.80. The molecule has 2 heteroatoms. The highest BCUT2D eigenvalue weighted by molar-refractivity contribution is 5.20. The molecule has 1 aliphatic carbocycles. The Balaban J connectivity index is 2.29. The maximum atomic E-state index is 13.9. The van der Waals surface area contributed by atoms with E-state index in [1.165, 1.54) is 19.0 Å². The number of rotatable bonds is 2. The van der Waals surface area contributed by atoms with Gasteiger partial charge < -0.3 is 0 Å². The lowest BCUT2D eigenvalue weighted by Gasteiger charge is -2.37. The van der Waals surface area contributed by atoms with Gasteiger partial charge in [-0.3, -0.25) is 4.98 Å². The van der Waals surface area contributed by atoms with Crippen molar-refractivity contribution < 1.29 is 4.39 Å². The molecule has 0 aromatic carbocycles. The molecule has 0 bridgehead atoms. The average molecular weight is 235 g/mol. The Bertz CT molecular complexity index is 375. The Morgan fingerprint density at radius 1 is 1.35 bits per heavy atom. The van der Waals surface area contributed by atoms with E-state index in [2.05, 4.69) is 25.8 Å². The summed E-state index contributed by atoms with van der Waals surface area (Å²) in [6.07, 6.45) is 6.70. The van der Waals surface area contributed by atoms with Crippen LogP contribution >= 0.6 is 0 Å². The molecule has 1 aromatic heterocycles. The summed E-state index contributed by atoms with van der Waals surface area (Å²) in [5.74, 6) is 2.20. The smallest absolute Gasteiger partial charge is 0.144 e. The Labute approximate surface area is 103 Å². The normalized spacial score (nSPS) is 29.6. The third kappa shape index (κ3) is 2.67. The number of hydrogen-bond acceptors (Lipinski definition) is 1. The minimum atomic E-state index is -0.128. The second-order valence-electron chi connectivity index (χ2n) is 5.83. The van der Waals surface area contributed by atoms with Gasteiger partial charge in [0.05, 0.1) is 6.20 Å². The quantitative estimate of drug-likeness (QED) is 0.740. The predicted octanol–water partition coefficient (Wildman–Crippen LogP) is 4.40. The molecule has 94 valence electrons. The van der Waals surface area contributed by atoms with E-state index in [0.29, 0.717) is 23.7 Å². The van der Waals surface area contributed by atoms with E-state index in [9.17, 15) is 4.39 Å². The molecule has 1 fully saturated rings. The van der Waals surface area contributed by atoms with Crippen LogP contribution in [0.3, 0.4) is 0 Å². The standard InChI is InChI=1S/C15H22FN/c1-10(2)12-5-4-11(3)8-14(12)13-6-7-17-9-15(13)16/h6-7,9-12,14H,4-5,8H2,1-3H3/t11-,12+,14?/m1/s1. The van der Waals surface area contributed by atoms with E-state index >= 15 is 0 Å². The monoisotopic (exact) mass is 235 g/mol. The van der Waals surface area contributed by atoms with Crippen molar-refractivity contribution in [1.29, 1.82) is 0 Å². The molecule has 3 atom stereocenters. The van der Waals surface area contributed by atoms with Gasteiger partial charge in [0.2, 0.25) is 0 Å². The molecule has 1 aliphatic rings. The van der Waals surface area contributed by atoms with E-state index in [1.807, 2.05) is 6.07 Å². The second kappa shape index (κ2) is 5.16. The first-order valence-corrected chi connectivity index (χ1v) is 6.69. The highest BCUT2D eigenvalue weighted by Gasteiger charge is 2.32.